The molecule has 112 valence electrons. The smallest absolute Gasteiger partial charge is 0.340 e. The Kier molecular flexibility index (Phi) is 4.02. The Labute approximate surface area is 124 Å². The zero-order chi connectivity index (χ0) is 15.6. The maximum atomic E-state index is 12.9. The third kappa shape index (κ3) is 2.09. The van der Waals surface area contributed by atoms with Crippen LogP contribution in [-0.2, 0) is 9.53 Å². The number of fused-ring (bicyclic) bond motifs is 1. The summed E-state index contributed by atoms with van der Waals surface area (Å²) in [5.74, 6) is -0.251. The first-order valence-electron chi connectivity index (χ1n) is 6.77. The van der Waals surface area contributed by atoms with Crippen molar-refractivity contribution in [1.29, 1.82) is 0 Å². The zero-order valence-electron chi connectivity index (χ0n) is 12.5. The lowest BCUT2D eigenvalue weighted by atomic mass is 9.89. The normalized spacial score (nSPS) is 20.1. The minimum absolute atomic E-state index is 0.193. The van der Waals surface area contributed by atoms with Gasteiger partial charge in [0.05, 0.1) is 13.7 Å². The van der Waals surface area contributed by atoms with Gasteiger partial charge in [-0.1, -0.05) is 6.08 Å². The fourth-order valence-corrected chi connectivity index (χ4v) is 2.70. The zero-order valence-corrected chi connectivity index (χ0v) is 12.5. The number of carbonyl (C=O) groups excluding carboxylic acids is 2. The molecule has 0 aliphatic carbocycles. The van der Waals surface area contributed by atoms with Crippen LogP contribution in [0.3, 0.4) is 0 Å². The van der Waals surface area contributed by atoms with Crippen LogP contribution < -0.4 is 9.64 Å². The maximum Gasteiger partial charge on any atom is 0.340 e. The van der Waals surface area contributed by atoms with Gasteiger partial charge < -0.3 is 14.4 Å². The number of nitrogens with zero attached hydrogens (tertiary/aromatic N) is 1. The van der Waals surface area contributed by atoms with E-state index in [4.69, 9.17) is 9.47 Å². The molecule has 1 aliphatic heterocycles. The van der Waals surface area contributed by atoms with Gasteiger partial charge in [-0.25, -0.2) is 4.79 Å². The molecule has 1 aliphatic rings. The van der Waals surface area contributed by atoms with E-state index in [-0.39, 0.29) is 18.8 Å². The number of carbonyl (C=O) groups is 2. The van der Waals surface area contributed by atoms with Gasteiger partial charge in [0.15, 0.2) is 0 Å². The van der Waals surface area contributed by atoms with E-state index < -0.39 is 11.5 Å². The Hall–Kier alpha value is -2.30. The van der Waals surface area contributed by atoms with Crippen LogP contribution in [0.25, 0.3) is 0 Å². The van der Waals surface area contributed by atoms with Crippen molar-refractivity contribution >= 4 is 17.4 Å². The monoisotopic (exact) mass is 289 g/mol. The fraction of sp³-hybridized carbons (Fsp3) is 0.375. The number of rotatable bonds is 5. The molecule has 21 heavy (non-hydrogen) atoms. The molecule has 1 aromatic carbocycles. The summed E-state index contributed by atoms with van der Waals surface area (Å²) in [4.78, 5) is 27.0. The largest absolute Gasteiger partial charge is 0.497 e. The lowest BCUT2D eigenvalue weighted by Crippen LogP contribution is -2.55. The van der Waals surface area contributed by atoms with Crippen LogP contribution >= 0.6 is 0 Å². The summed E-state index contributed by atoms with van der Waals surface area (Å²) in [6, 6.07) is 5.19. The lowest BCUT2D eigenvalue weighted by Gasteiger charge is -2.32. The standard InChI is InChI=1S/C16H19NO4/c1-5-9-16(15(19)21-6-2)14(18)12-10-11(20-4)7-8-13(12)17(16)3/h5,7-8,10H,1,6,9H2,2-4H3. The van der Waals surface area contributed by atoms with Crippen molar-refractivity contribution in [2.45, 2.75) is 18.9 Å². The molecule has 0 saturated carbocycles. The molecule has 0 bridgehead atoms. The number of likely N-dealkylation sites (N-methyl/N-ethyl adjacent to an activating group) is 1. The summed E-state index contributed by atoms with van der Waals surface area (Å²) in [6.45, 7) is 5.60. The van der Waals surface area contributed by atoms with Gasteiger partial charge in [0.2, 0.25) is 11.3 Å². The number of hydrogen-bond acceptors (Lipinski definition) is 5. The van der Waals surface area contributed by atoms with E-state index in [1.807, 2.05) is 0 Å². The number of methoxy groups -OCH3 is 1. The van der Waals surface area contributed by atoms with Crippen LogP contribution in [0.5, 0.6) is 5.75 Å². The predicted octanol–water partition coefficient (Wildman–Crippen LogP) is 2.21. The molecule has 1 atom stereocenters. The minimum Gasteiger partial charge on any atom is -0.497 e. The molecular formula is C16H19NO4. The van der Waals surface area contributed by atoms with Gasteiger partial charge in [0.25, 0.3) is 0 Å². The third-order valence-corrected chi connectivity index (χ3v) is 3.81. The average molecular weight is 289 g/mol. The van der Waals surface area contributed by atoms with E-state index in [0.717, 1.165) is 0 Å². The topological polar surface area (TPSA) is 55.8 Å². The first kappa shape index (κ1) is 15.1. The van der Waals surface area contributed by atoms with Crippen molar-refractivity contribution in [3.63, 3.8) is 0 Å². The molecule has 0 fully saturated rings. The summed E-state index contributed by atoms with van der Waals surface area (Å²) in [5, 5.41) is 0. The Balaban J connectivity index is 2.57. The molecule has 5 heteroatoms. The van der Waals surface area contributed by atoms with Crippen molar-refractivity contribution in [1.82, 2.24) is 0 Å². The second-order valence-corrected chi connectivity index (χ2v) is 4.84. The van der Waals surface area contributed by atoms with Gasteiger partial charge in [0.1, 0.15) is 5.75 Å². The molecule has 1 heterocycles. The van der Waals surface area contributed by atoms with E-state index in [0.29, 0.717) is 17.0 Å². The molecule has 0 amide bonds. The second kappa shape index (κ2) is 5.60. The van der Waals surface area contributed by atoms with E-state index >= 15 is 0 Å². The van der Waals surface area contributed by atoms with Gasteiger partial charge in [-0.15, -0.1) is 6.58 Å². The lowest BCUT2D eigenvalue weighted by molar-refractivity contribution is -0.147. The van der Waals surface area contributed by atoms with Gasteiger partial charge in [-0.3, -0.25) is 4.79 Å². The number of hydrogen-bond donors (Lipinski definition) is 0. The van der Waals surface area contributed by atoms with E-state index in [1.54, 1.807) is 43.1 Å². The molecule has 0 radical (unpaired) electrons. The Morgan fingerprint density at radius 1 is 1.48 bits per heavy atom. The summed E-state index contributed by atoms with van der Waals surface area (Å²) in [7, 11) is 3.25. The number of ketones is 1. The van der Waals surface area contributed by atoms with Crippen LogP contribution in [0, 0.1) is 0 Å². The highest BCUT2D eigenvalue weighted by Crippen LogP contribution is 2.42. The average Bonchev–Trinajstić information content (AvgIpc) is 2.70. The molecule has 0 saturated heterocycles. The molecule has 1 unspecified atom stereocenters. The highest BCUT2D eigenvalue weighted by molar-refractivity contribution is 6.25. The molecule has 0 N–H and O–H groups in total. The fourth-order valence-electron chi connectivity index (χ4n) is 2.70. The number of esters is 1. The molecule has 1 aromatic rings. The van der Waals surface area contributed by atoms with E-state index in [2.05, 4.69) is 6.58 Å². The quantitative estimate of drug-likeness (QED) is 0.472. The maximum absolute atomic E-state index is 12.9. The van der Waals surface area contributed by atoms with Crippen molar-refractivity contribution < 1.29 is 19.1 Å². The second-order valence-electron chi connectivity index (χ2n) is 4.84. The minimum atomic E-state index is -1.37. The number of ether oxygens (including phenoxy) is 2. The van der Waals surface area contributed by atoms with Crippen LogP contribution in [0.15, 0.2) is 30.9 Å². The number of benzene rings is 1. The highest BCUT2D eigenvalue weighted by atomic mass is 16.5. The Morgan fingerprint density at radius 3 is 2.76 bits per heavy atom. The molecule has 0 aromatic heterocycles. The van der Waals surface area contributed by atoms with Gasteiger partial charge >= 0.3 is 5.97 Å². The van der Waals surface area contributed by atoms with Crippen molar-refractivity contribution in [3.05, 3.63) is 36.4 Å². The van der Waals surface area contributed by atoms with Crippen LogP contribution in [0.2, 0.25) is 0 Å². The van der Waals surface area contributed by atoms with Crippen molar-refractivity contribution in [3.8, 4) is 5.75 Å². The summed E-state index contributed by atoms with van der Waals surface area (Å²) in [6.07, 6.45) is 1.76. The first-order valence-corrected chi connectivity index (χ1v) is 6.77. The third-order valence-electron chi connectivity index (χ3n) is 3.81. The predicted molar refractivity (Wildman–Crippen MR) is 79.9 cm³/mol. The number of anilines is 1. The summed E-state index contributed by atoms with van der Waals surface area (Å²) in [5.41, 5.74) is -0.214. The Bertz CT molecular complexity index is 596. The molecule has 2 rings (SSSR count). The summed E-state index contributed by atoms with van der Waals surface area (Å²) >= 11 is 0. The van der Waals surface area contributed by atoms with E-state index in [9.17, 15) is 9.59 Å². The molecule has 5 nitrogen and oxygen atoms in total. The van der Waals surface area contributed by atoms with Gasteiger partial charge in [0, 0.05) is 24.7 Å². The van der Waals surface area contributed by atoms with Crippen molar-refractivity contribution in [2.24, 2.45) is 0 Å². The molecule has 0 spiro atoms. The highest BCUT2D eigenvalue weighted by Gasteiger charge is 2.55. The van der Waals surface area contributed by atoms with Crippen molar-refractivity contribution in [2.75, 3.05) is 25.7 Å². The van der Waals surface area contributed by atoms with Crippen LogP contribution in [0.4, 0.5) is 5.69 Å². The Morgan fingerprint density at radius 2 is 2.19 bits per heavy atom. The van der Waals surface area contributed by atoms with Crippen LogP contribution in [-0.4, -0.2) is 38.1 Å². The molecular weight excluding hydrogens is 270 g/mol. The SMILES string of the molecule is C=CCC1(C(=O)OCC)C(=O)c2cc(OC)ccc2N1C. The number of Topliss-reactive ketones (excluding diaryl/α,β-unsaturated/α-hetero) is 1. The van der Waals surface area contributed by atoms with Crippen LogP contribution in [0.1, 0.15) is 23.7 Å². The first-order chi connectivity index (χ1) is 10.0. The van der Waals surface area contributed by atoms with Gasteiger partial charge in [-0.05, 0) is 25.1 Å². The van der Waals surface area contributed by atoms with E-state index in [1.165, 1.54) is 7.11 Å². The summed E-state index contributed by atoms with van der Waals surface area (Å²) < 4.78 is 10.3. The van der Waals surface area contributed by atoms with Gasteiger partial charge in [-0.2, -0.15) is 0 Å².